The maximum Gasteiger partial charge on any atom is 0.230 e. The summed E-state index contributed by atoms with van der Waals surface area (Å²) >= 11 is 1.64. The molecule has 4 heteroatoms. The standard InChI is InChI=1S/C20H23NO2S/c1-23-20(11-17-9-5-6-10-18(17)12-20)15-21-19(22)14-24-13-16-7-3-2-4-8-16/h2-10H,11-15H2,1H3,(H,21,22). The second kappa shape index (κ2) is 7.86. The molecule has 0 bridgehead atoms. The van der Waals surface area contributed by atoms with Crippen LogP contribution < -0.4 is 5.32 Å². The van der Waals surface area contributed by atoms with Gasteiger partial charge >= 0.3 is 0 Å². The van der Waals surface area contributed by atoms with Crippen molar-refractivity contribution in [3.63, 3.8) is 0 Å². The van der Waals surface area contributed by atoms with E-state index in [2.05, 4.69) is 41.7 Å². The van der Waals surface area contributed by atoms with Crippen molar-refractivity contribution in [2.45, 2.75) is 24.2 Å². The molecule has 1 aliphatic carbocycles. The Labute approximate surface area is 147 Å². The number of hydrogen-bond acceptors (Lipinski definition) is 3. The van der Waals surface area contributed by atoms with Crippen LogP contribution >= 0.6 is 11.8 Å². The minimum Gasteiger partial charge on any atom is -0.376 e. The largest absolute Gasteiger partial charge is 0.376 e. The fourth-order valence-corrected chi connectivity index (χ4v) is 3.96. The molecule has 2 aromatic carbocycles. The lowest BCUT2D eigenvalue weighted by atomic mass is 10.00. The summed E-state index contributed by atoms with van der Waals surface area (Å²) in [6.07, 6.45) is 1.72. The van der Waals surface area contributed by atoms with Crippen molar-refractivity contribution in [3.8, 4) is 0 Å². The minimum atomic E-state index is -0.302. The third-order valence-corrected chi connectivity index (χ3v) is 5.53. The van der Waals surface area contributed by atoms with E-state index in [0.29, 0.717) is 12.3 Å². The van der Waals surface area contributed by atoms with Crippen LogP contribution in [0.15, 0.2) is 54.6 Å². The van der Waals surface area contributed by atoms with Gasteiger partial charge in [-0.2, -0.15) is 0 Å². The Balaban J connectivity index is 1.45. The number of benzene rings is 2. The molecule has 1 aliphatic rings. The molecule has 2 aromatic rings. The third-order valence-electron chi connectivity index (χ3n) is 4.53. The smallest absolute Gasteiger partial charge is 0.230 e. The number of nitrogens with one attached hydrogen (secondary N) is 1. The van der Waals surface area contributed by atoms with E-state index >= 15 is 0 Å². The molecule has 0 spiro atoms. The molecular weight excluding hydrogens is 318 g/mol. The van der Waals surface area contributed by atoms with Crippen LogP contribution in [0.1, 0.15) is 16.7 Å². The molecule has 126 valence electrons. The summed E-state index contributed by atoms with van der Waals surface area (Å²) in [6, 6.07) is 18.6. The van der Waals surface area contributed by atoms with Crippen LogP contribution in [0.4, 0.5) is 0 Å². The van der Waals surface area contributed by atoms with Gasteiger partial charge in [0.1, 0.15) is 0 Å². The lowest BCUT2D eigenvalue weighted by molar-refractivity contribution is -0.120. The first-order valence-corrected chi connectivity index (χ1v) is 9.37. The molecule has 3 nitrogen and oxygen atoms in total. The van der Waals surface area contributed by atoms with Gasteiger partial charge < -0.3 is 10.1 Å². The Bertz CT molecular complexity index is 662. The first-order chi connectivity index (χ1) is 11.7. The quantitative estimate of drug-likeness (QED) is 0.840. The summed E-state index contributed by atoms with van der Waals surface area (Å²) in [7, 11) is 1.74. The predicted octanol–water partition coefficient (Wildman–Crippen LogP) is 3.22. The van der Waals surface area contributed by atoms with Crippen molar-refractivity contribution in [1.29, 1.82) is 0 Å². The molecule has 24 heavy (non-hydrogen) atoms. The van der Waals surface area contributed by atoms with E-state index in [4.69, 9.17) is 4.74 Å². The highest BCUT2D eigenvalue weighted by Gasteiger charge is 2.37. The van der Waals surface area contributed by atoms with Gasteiger partial charge in [0.05, 0.1) is 11.4 Å². The number of rotatable bonds is 7. The van der Waals surface area contributed by atoms with Crippen molar-refractivity contribution in [2.75, 3.05) is 19.4 Å². The zero-order valence-corrected chi connectivity index (χ0v) is 14.8. The monoisotopic (exact) mass is 341 g/mol. The minimum absolute atomic E-state index is 0.0725. The van der Waals surface area contributed by atoms with Crippen LogP contribution in [-0.4, -0.2) is 30.9 Å². The zero-order valence-electron chi connectivity index (χ0n) is 14.0. The molecule has 0 saturated heterocycles. The molecule has 0 unspecified atom stereocenters. The van der Waals surface area contributed by atoms with E-state index in [1.807, 2.05) is 18.2 Å². The van der Waals surface area contributed by atoms with E-state index in [-0.39, 0.29) is 11.5 Å². The lowest BCUT2D eigenvalue weighted by Gasteiger charge is -2.27. The van der Waals surface area contributed by atoms with Crippen molar-refractivity contribution in [2.24, 2.45) is 0 Å². The Kier molecular flexibility index (Phi) is 5.59. The topological polar surface area (TPSA) is 38.3 Å². The molecule has 0 aliphatic heterocycles. The van der Waals surface area contributed by atoms with Crippen LogP contribution in [0, 0.1) is 0 Å². The fraction of sp³-hybridized carbons (Fsp3) is 0.350. The molecule has 0 saturated carbocycles. The predicted molar refractivity (Wildman–Crippen MR) is 99.2 cm³/mol. The molecule has 0 atom stereocenters. The zero-order chi connectivity index (χ0) is 16.8. The van der Waals surface area contributed by atoms with Crippen LogP contribution in [0.5, 0.6) is 0 Å². The van der Waals surface area contributed by atoms with Crippen LogP contribution in [-0.2, 0) is 28.1 Å². The molecule has 3 rings (SSSR count). The van der Waals surface area contributed by atoms with E-state index in [1.54, 1.807) is 18.9 Å². The van der Waals surface area contributed by atoms with Crippen LogP contribution in [0.25, 0.3) is 0 Å². The average Bonchev–Trinajstić information content (AvgIpc) is 3.00. The lowest BCUT2D eigenvalue weighted by Crippen LogP contribution is -2.45. The van der Waals surface area contributed by atoms with E-state index in [1.165, 1.54) is 16.7 Å². The number of fused-ring (bicyclic) bond motifs is 1. The fourth-order valence-electron chi connectivity index (χ4n) is 3.15. The van der Waals surface area contributed by atoms with Gasteiger partial charge in [0, 0.05) is 32.2 Å². The SMILES string of the molecule is COC1(CNC(=O)CSCc2ccccc2)Cc2ccccc2C1. The van der Waals surface area contributed by atoms with Crippen molar-refractivity contribution in [3.05, 3.63) is 71.3 Å². The molecule has 1 N–H and O–H groups in total. The number of ether oxygens (including phenoxy) is 1. The van der Waals surface area contributed by atoms with Crippen molar-refractivity contribution >= 4 is 17.7 Å². The van der Waals surface area contributed by atoms with Gasteiger partial charge in [-0.3, -0.25) is 4.79 Å². The molecule has 0 fully saturated rings. The third kappa shape index (κ3) is 4.19. The van der Waals surface area contributed by atoms with E-state index < -0.39 is 0 Å². The molecule has 0 aromatic heterocycles. The summed E-state index contributed by atoms with van der Waals surface area (Å²) < 4.78 is 5.78. The molecule has 1 amide bonds. The highest BCUT2D eigenvalue weighted by molar-refractivity contribution is 7.99. The molecule has 0 heterocycles. The second-order valence-electron chi connectivity index (χ2n) is 6.26. The summed E-state index contributed by atoms with van der Waals surface area (Å²) in [4.78, 5) is 12.1. The Hall–Kier alpha value is -1.78. The Morgan fingerprint density at radius 3 is 2.33 bits per heavy atom. The Morgan fingerprint density at radius 2 is 1.71 bits per heavy atom. The van der Waals surface area contributed by atoms with Gasteiger partial charge in [-0.25, -0.2) is 0 Å². The molecular formula is C20H23NO2S. The highest BCUT2D eigenvalue weighted by Crippen LogP contribution is 2.32. The normalized spacial score (nSPS) is 15.0. The summed E-state index contributed by atoms with van der Waals surface area (Å²) in [5, 5.41) is 3.05. The number of hydrogen-bond donors (Lipinski definition) is 1. The number of thioether (sulfide) groups is 1. The van der Waals surface area contributed by atoms with Gasteiger partial charge in [-0.1, -0.05) is 54.6 Å². The van der Waals surface area contributed by atoms with Gasteiger partial charge in [0.2, 0.25) is 5.91 Å². The van der Waals surface area contributed by atoms with Gasteiger partial charge in [-0.15, -0.1) is 11.8 Å². The number of carbonyl (C=O) groups excluding carboxylic acids is 1. The van der Waals surface area contributed by atoms with Crippen LogP contribution in [0.3, 0.4) is 0 Å². The highest BCUT2D eigenvalue weighted by atomic mass is 32.2. The molecule has 0 radical (unpaired) electrons. The number of amides is 1. The van der Waals surface area contributed by atoms with Gasteiger partial charge in [0.15, 0.2) is 0 Å². The van der Waals surface area contributed by atoms with Crippen LogP contribution in [0.2, 0.25) is 0 Å². The number of methoxy groups -OCH3 is 1. The first kappa shape index (κ1) is 17.1. The second-order valence-corrected chi connectivity index (χ2v) is 7.25. The van der Waals surface area contributed by atoms with Gasteiger partial charge in [0.25, 0.3) is 0 Å². The van der Waals surface area contributed by atoms with Crippen molar-refractivity contribution < 1.29 is 9.53 Å². The summed E-state index contributed by atoms with van der Waals surface area (Å²) in [5.41, 5.74) is 3.60. The summed E-state index contributed by atoms with van der Waals surface area (Å²) in [6.45, 7) is 0.558. The van der Waals surface area contributed by atoms with E-state index in [0.717, 1.165) is 18.6 Å². The maximum absolute atomic E-state index is 12.1. The van der Waals surface area contributed by atoms with Gasteiger partial charge in [-0.05, 0) is 16.7 Å². The first-order valence-electron chi connectivity index (χ1n) is 8.21. The summed E-state index contributed by atoms with van der Waals surface area (Å²) in [5.74, 6) is 1.40. The average molecular weight is 341 g/mol. The maximum atomic E-state index is 12.1. The Morgan fingerprint density at radius 1 is 1.08 bits per heavy atom. The van der Waals surface area contributed by atoms with Crippen molar-refractivity contribution in [1.82, 2.24) is 5.32 Å². The number of carbonyl (C=O) groups is 1. The van der Waals surface area contributed by atoms with E-state index in [9.17, 15) is 4.79 Å².